The molecule has 1 atom stereocenters. The molecule has 1 unspecified atom stereocenters. The van der Waals surface area contributed by atoms with E-state index in [-0.39, 0.29) is 6.54 Å². The number of carboxylic acid groups (broad SMARTS) is 1. The topological polar surface area (TPSA) is 63.3 Å². The van der Waals surface area contributed by atoms with E-state index in [0.29, 0.717) is 0 Å². The molecule has 3 nitrogen and oxygen atoms in total. The van der Waals surface area contributed by atoms with Crippen LogP contribution in [0.2, 0.25) is 0 Å². The van der Waals surface area contributed by atoms with Gasteiger partial charge >= 0.3 is 5.97 Å². The lowest BCUT2D eigenvalue weighted by Gasteiger charge is -2.15. The van der Waals surface area contributed by atoms with Crippen LogP contribution >= 0.6 is 0 Å². The highest BCUT2D eigenvalue weighted by Gasteiger charge is 2.20. The fraction of sp³-hybridized carbons (Fsp3) is 0.417. The van der Waals surface area contributed by atoms with E-state index in [1.807, 2.05) is 32.0 Å². The number of hydrogen-bond acceptors (Lipinski definition) is 2. The number of hydrogen-bond donors (Lipinski definition) is 2. The van der Waals surface area contributed by atoms with Gasteiger partial charge in [0.25, 0.3) is 0 Å². The van der Waals surface area contributed by atoms with Gasteiger partial charge in [0.15, 0.2) is 0 Å². The first kappa shape index (κ1) is 11.7. The number of aliphatic carboxylic acids is 1. The number of benzene rings is 1. The quantitative estimate of drug-likeness (QED) is 0.789. The van der Waals surface area contributed by atoms with Gasteiger partial charge in [-0.3, -0.25) is 4.79 Å². The molecule has 0 aliphatic heterocycles. The van der Waals surface area contributed by atoms with Crippen molar-refractivity contribution in [2.45, 2.75) is 26.2 Å². The summed E-state index contributed by atoms with van der Waals surface area (Å²) in [5.74, 6) is -1.43. The monoisotopic (exact) mass is 207 g/mol. The normalized spacial score (nSPS) is 12.5. The highest BCUT2D eigenvalue weighted by atomic mass is 16.4. The van der Waals surface area contributed by atoms with E-state index in [9.17, 15) is 4.79 Å². The van der Waals surface area contributed by atoms with Crippen LogP contribution in [0.1, 0.15) is 29.5 Å². The standard InChI is InChI=1S/C12H17NO2/c1-3-9-5-4-8(2)6-10(9)11(7-13)12(14)15/h4-6,11H,3,7,13H2,1-2H3,(H,14,15). The molecule has 0 fully saturated rings. The summed E-state index contributed by atoms with van der Waals surface area (Å²) in [6.07, 6.45) is 0.833. The second kappa shape index (κ2) is 4.94. The SMILES string of the molecule is CCc1ccc(C)cc1C(CN)C(=O)O. The van der Waals surface area contributed by atoms with Crippen molar-refractivity contribution in [1.82, 2.24) is 0 Å². The van der Waals surface area contributed by atoms with E-state index in [2.05, 4.69) is 0 Å². The number of aryl methyl sites for hydroxylation is 2. The van der Waals surface area contributed by atoms with Crippen LogP contribution in [0.3, 0.4) is 0 Å². The Kier molecular flexibility index (Phi) is 3.86. The van der Waals surface area contributed by atoms with E-state index in [4.69, 9.17) is 10.8 Å². The first-order chi connectivity index (χ1) is 7.10. The first-order valence-corrected chi connectivity index (χ1v) is 5.12. The molecular formula is C12H17NO2. The summed E-state index contributed by atoms with van der Waals surface area (Å²) in [5, 5.41) is 9.06. The summed E-state index contributed by atoms with van der Waals surface area (Å²) in [4.78, 5) is 11.0. The summed E-state index contributed by atoms with van der Waals surface area (Å²) in [5.41, 5.74) is 8.49. The van der Waals surface area contributed by atoms with Crippen LogP contribution in [-0.4, -0.2) is 17.6 Å². The minimum atomic E-state index is -0.849. The van der Waals surface area contributed by atoms with E-state index >= 15 is 0 Å². The minimum Gasteiger partial charge on any atom is -0.481 e. The number of carboxylic acids is 1. The van der Waals surface area contributed by atoms with Gasteiger partial charge in [0, 0.05) is 6.54 Å². The molecule has 1 aromatic carbocycles. The van der Waals surface area contributed by atoms with Crippen LogP contribution in [0.4, 0.5) is 0 Å². The fourth-order valence-electron chi connectivity index (χ4n) is 1.72. The van der Waals surface area contributed by atoms with Crippen molar-refractivity contribution in [3.63, 3.8) is 0 Å². The molecule has 15 heavy (non-hydrogen) atoms. The summed E-state index contributed by atoms with van der Waals surface area (Å²) in [6.45, 7) is 4.12. The van der Waals surface area contributed by atoms with Gasteiger partial charge in [-0.2, -0.15) is 0 Å². The molecule has 0 aliphatic rings. The van der Waals surface area contributed by atoms with E-state index in [0.717, 1.165) is 23.1 Å². The van der Waals surface area contributed by atoms with Crippen molar-refractivity contribution < 1.29 is 9.90 Å². The van der Waals surface area contributed by atoms with Crippen LogP contribution in [0.15, 0.2) is 18.2 Å². The predicted octanol–water partition coefficient (Wildman–Crippen LogP) is 1.68. The third-order valence-corrected chi connectivity index (χ3v) is 2.59. The Morgan fingerprint density at radius 1 is 1.53 bits per heavy atom. The molecule has 0 bridgehead atoms. The maximum Gasteiger partial charge on any atom is 0.312 e. The molecule has 1 rings (SSSR count). The molecule has 0 spiro atoms. The zero-order chi connectivity index (χ0) is 11.4. The molecule has 3 N–H and O–H groups in total. The molecular weight excluding hydrogens is 190 g/mol. The second-order valence-electron chi connectivity index (χ2n) is 3.68. The van der Waals surface area contributed by atoms with Crippen molar-refractivity contribution in [2.24, 2.45) is 5.73 Å². The summed E-state index contributed by atoms with van der Waals surface area (Å²) >= 11 is 0. The van der Waals surface area contributed by atoms with Crippen LogP contribution in [0.5, 0.6) is 0 Å². The van der Waals surface area contributed by atoms with E-state index in [1.54, 1.807) is 0 Å². The maximum absolute atomic E-state index is 11.0. The smallest absolute Gasteiger partial charge is 0.312 e. The fourth-order valence-corrected chi connectivity index (χ4v) is 1.72. The van der Waals surface area contributed by atoms with Gasteiger partial charge < -0.3 is 10.8 Å². The third-order valence-electron chi connectivity index (χ3n) is 2.59. The Balaban J connectivity index is 3.19. The summed E-state index contributed by atoms with van der Waals surface area (Å²) in [7, 11) is 0. The lowest BCUT2D eigenvalue weighted by atomic mass is 9.91. The maximum atomic E-state index is 11.0. The first-order valence-electron chi connectivity index (χ1n) is 5.12. The molecule has 0 saturated heterocycles. The van der Waals surface area contributed by atoms with E-state index < -0.39 is 11.9 Å². The largest absolute Gasteiger partial charge is 0.481 e. The van der Waals surface area contributed by atoms with Crippen molar-refractivity contribution >= 4 is 5.97 Å². The van der Waals surface area contributed by atoms with Gasteiger partial charge in [-0.15, -0.1) is 0 Å². The average molecular weight is 207 g/mol. The molecule has 0 amide bonds. The van der Waals surface area contributed by atoms with Gasteiger partial charge in [0.05, 0.1) is 5.92 Å². The minimum absolute atomic E-state index is 0.145. The molecule has 3 heteroatoms. The van der Waals surface area contributed by atoms with Crippen LogP contribution in [0.25, 0.3) is 0 Å². The Morgan fingerprint density at radius 3 is 2.67 bits per heavy atom. The van der Waals surface area contributed by atoms with Crippen molar-refractivity contribution in [1.29, 1.82) is 0 Å². The molecule has 0 saturated carbocycles. The molecule has 82 valence electrons. The van der Waals surface area contributed by atoms with Crippen molar-refractivity contribution in [2.75, 3.05) is 6.54 Å². The molecule has 1 aromatic rings. The van der Waals surface area contributed by atoms with Gasteiger partial charge in [-0.1, -0.05) is 30.7 Å². The lowest BCUT2D eigenvalue weighted by molar-refractivity contribution is -0.138. The molecule has 0 aromatic heterocycles. The highest BCUT2D eigenvalue weighted by Crippen LogP contribution is 2.21. The van der Waals surface area contributed by atoms with E-state index in [1.165, 1.54) is 0 Å². The summed E-state index contributed by atoms with van der Waals surface area (Å²) in [6, 6.07) is 5.90. The Bertz CT molecular complexity index is 361. The highest BCUT2D eigenvalue weighted by molar-refractivity contribution is 5.77. The predicted molar refractivity (Wildman–Crippen MR) is 60.0 cm³/mol. The lowest BCUT2D eigenvalue weighted by Crippen LogP contribution is -2.22. The third kappa shape index (κ3) is 2.57. The number of nitrogens with two attached hydrogens (primary N) is 1. The Morgan fingerprint density at radius 2 is 2.20 bits per heavy atom. The molecule has 0 aliphatic carbocycles. The molecule has 0 heterocycles. The molecule has 0 radical (unpaired) electrons. The van der Waals surface area contributed by atoms with Gasteiger partial charge in [0.2, 0.25) is 0 Å². The Hall–Kier alpha value is -1.35. The zero-order valence-electron chi connectivity index (χ0n) is 9.16. The van der Waals surface area contributed by atoms with Crippen molar-refractivity contribution in [3.05, 3.63) is 34.9 Å². The van der Waals surface area contributed by atoms with Crippen LogP contribution in [0, 0.1) is 6.92 Å². The zero-order valence-corrected chi connectivity index (χ0v) is 9.16. The van der Waals surface area contributed by atoms with Gasteiger partial charge in [-0.05, 0) is 24.5 Å². The number of carbonyl (C=O) groups is 1. The van der Waals surface area contributed by atoms with Gasteiger partial charge in [0.1, 0.15) is 0 Å². The van der Waals surface area contributed by atoms with Crippen LogP contribution < -0.4 is 5.73 Å². The van der Waals surface area contributed by atoms with Gasteiger partial charge in [-0.25, -0.2) is 0 Å². The number of rotatable bonds is 4. The average Bonchev–Trinajstić information content (AvgIpc) is 2.18. The summed E-state index contributed by atoms with van der Waals surface area (Å²) < 4.78 is 0. The van der Waals surface area contributed by atoms with Crippen LogP contribution in [-0.2, 0) is 11.2 Å². The second-order valence-corrected chi connectivity index (χ2v) is 3.68. The Labute approximate surface area is 89.9 Å². The van der Waals surface area contributed by atoms with Crippen molar-refractivity contribution in [3.8, 4) is 0 Å².